The van der Waals surface area contributed by atoms with Crippen LogP contribution in [0.15, 0.2) is 85.0 Å². The molecule has 0 aliphatic heterocycles. The summed E-state index contributed by atoms with van der Waals surface area (Å²) >= 11 is 8.07. The molecule has 0 saturated heterocycles. The fourth-order valence-corrected chi connectivity index (χ4v) is 5.42. The van der Waals surface area contributed by atoms with E-state index in [1.165, 1.54) is 36.9 Å². The quantitative estimate of drug-likeness (QED) is 0.336. The van der Waals surface area contributed by atoms with E-state index in [1.54, 1.807) is 0 Å². The molecule has 1 atom stereocenters. The fraction of sp³-hybridized carbons (Fsp3) is 0.0833. The largest absolute Gasteiger partial charge is 0.134 e. The smallest absolute Gasteiger partial charge is 0.0430 e. The summed E-state index contributed by atoms with van der Waals surface area (Å²) in [6.45, 7) is 0. The Hall–Kier alpha value is -2.35. The van der Waals surface area contributed by atoms with Gasteiger partial charge in [0, 0.05) is 31.1 Å². The van der Waals surface area contributed by atoms with Crippen LogP contribution in [0.1, 0.15) is 23.5 Å². The van der Waals surface area contributed by atoms with Gasteiger partial charge < -0.3 is 0 Å². The second-order valence-corrected chi connectivity index (χ2v) is 8.16. The van der Waals surface area contributed by atoms with Crippen LogP contribution in [-0.2, 0) is 0 Å². The third-order valence-corrected chi connectivity index (χ3v) is 6.57. The highest BCUT2D eigenvalue weighted by Gasteiger charge is 2.21. The Labute approximate surface area is 162 Å². The maximum absolute atomic E-state index is 6.22. The molecule has 2 heteroatoms. The number of rotatable bonds is 2. The summed E-state index contributed by atoms with van der Waals surface area (Å²) in [4.78, 5) is 0. The number of thiophene rings is 1. The lowest BCUT2D eigenvalue weighted by atomic mass is 9.81. The second-order valence-electron chi connectivity index (χ2n) is 6.67. The first kappa shape index (κ1) is 15.9. The third-order valence-electron chi connectivity index (χ3n) is 5.13. The number of hydrogen-bond donors (Lipinski definition) is 0. The Balaban J connectivity index is 1.74. The highest BCUT2D eigenvalue weighted by molar-refractivity contribution is 7.26. The molecular formula is C24H17ClS. The predicted molar refractivity (Wildman–Crippen MR) is 115 cm³/mol. The first-order chi connectivity index (χ1) is 12.8. The maximum Gasteiger partial charge on any atom is 0.0430 e. The molecule has 1 unspecified atom stereocenters. The van der Waals surface area contributed by atoms with Crippen molar-refractivity contribution in [2.24, 2.45) is 0 Å². The van der Waals surface area contributed by atoms with Crippen LogP contribution >= 0.6 is 22.9 Å². The van der Waals surface area contributed by atoms with Crippen molar-refractivity contribution in [3.05, 3.63) is 101 Å². The van der Waals surface area contributed by atoms with Gasteiger partial charge in [-0.15, -0.1) is 11.3 Å². The zero-order valence-corrected chi connectivity index (χ0v) is 15.7. The Morgan fingerprint density at radius 2 is 1.77 bits per heavy atom. The summed E-state index contributed by atoms with van der Waals surface area (Å²) in [5, 5.41) is 3.41. The van der Waals surface area contributed by atoms with Crippen LogP contribution in [0, 0.1) is 0 Å². The van der Waals surface area contributed by atoms with Crippen LogP contribution in [0.2, 0.25) is 5.02 Å². The van der Waals surface area contributed by atoms with Gasteiger partial charge in [-0.2, -0.15) is 0 Å². The van der Waals surface area contributed by atoms with Crippen molar-refractivity contribution in [3.8, 4) is 0 Å². The van der Waals surface area contributed by atoms with Gasteiger partial charge >= 0.3 is 0 Å². The van der Waals surface area contributed by atoms with Gasteiger partial charge in [-0.25, -0.2) is 0 Å². The molecule has 0 spiro atoms. The lowest BCUT2D eigenvalue weighted by Gasteiger charge is -2.23. The monoisotopic (exact) mass is 372 g/mol. The molecule has 26 heavy (non-hydrogen) atoms. The molecule has 3 aromatic carbocycles. The lowest BCUT2D eigenvalue weighted by molar-refractivity contribution is 0.875. The number of fused-ring (bicyclic) bond motifs is 3. The molecule has 0 saturated carbocycles. The minimum absolute atomic E-state index is 0.403. The lowest BCUT2D eigenvalue weighted by Crippen LogP contribution is -2.04. The van der Waals surface area contributed by atoms with Crippen LogP contribution < -0.4 is 0 Å². The van der Waals surface area contributed by atoms with E-state index < -0.39 is 0 Å². The number of hydrogen-bond acceptors (Lipinski definition) is 1. The molecule has 0 nitrogen and oxygen atoms in total. The third kappa shape index (κ3) is 2.59. The molecule has 1 aromatic heterocycles. The van der Waals surface area contributed by atoms with Crippen molar-refractivity contribution in [1.29, 1.82) is 0 Å². The Bertz CT molecular complexity index is 1160. The Kier molecular flexibility index (Phi) is 3.92. The molecule has 0 fully saturated rings. The van der Waals surface area contributed by atoms with Gasteiger partial charge in [0.25, 0.3) is 0 Å². The van der Waals surface area contributed by atoms with Crippen molar-refractivity contribution < 1.29 is 0 Å². The summed E-state index contributed by atoms with van der Waals surface area (Å²) in [7, 11) is 0. The van der Waals surface area contributed by atoms with Gasteiger partial charge in [0.15, 0.2) is 0 Å². The topological polar surface area (TPSA) is 0 Å². The molecule has 5 rings (SSSR count). The van der Waals surface area contributed by atoms with E-state index in [4.69, 9.17) is 11.6 Å². The first-order valence-corrected chi connectivity index (χ1v) is 10.0. The molecule has 0 N–H and O–H groups in total. The van der Waals surface area contributed by atoms with Crippen molar-refractivity contribution in [3.63, 3.8) is 0 Å². The highest BCUT2D eigenvalue weighted by atomic mass is 35.5. The van der Waals surface area contributed by atoms with Crippen LogP contribution in [0.5, 0.6) is 0 Å². The molecule has 1 aliphatic rings. The second kappa shape index (κ2) is 6.42. The minimum Gasteiger partial charge on any atom is -0.134 e. The molecule has 4 aromatic rings. The van der Waals surface area contributed by atoms with Crippen molar-refractivity contribution in [2.75, 3.05) is 0 Å². The standard InChI is InChI=1S/C24H17ClS/c25-17-13-14-20-22-12-6-11-21(24(22)26-23(20)15-17)19-10-5-4-9-18(19)16-7-2-1-3-8-16/h1-8,10-15,18H,9H2. The molecule has 1 heterocycles. The van der Waals surface area contributed by atoms with Crippen LogP contribution in [0.3, 0.4) is 0 Å². The summed E-state index contributed by atoms with van der Waals surface area (Å²) < 4.78 is 2.61. The Morgan fingerprint density at radius 1 is 0.885 bits per heavy atom. The van der Waals surface area contributed by atoms with Gasteiger partial charge in [0.2, 0.25) is 0 Å². The molecule has 1 aliphatic carbocycles. The van der Waals surface area contributed by atoms with Gasteiger partial charge in [-0.3, -0.25) is 0 Å². The molecule has 0 amide bonds. The van der Waals surface area contributed by atoms with Crippen LogP contribution in [0.4, 0.5) is 0 Å². The SMILES string of the molecule is Clc1ccc2c(c1)sc1c(C3=CC=CCC3c3ccccc3)cccc12. The van der Waals surface area contributed by atoms with E-state index >= 15 is 0 Å². The molecule has 0 radical (unpaired) electrons. The van der Waals surface area contributed by atoms with Gasteiger partial charge in [0.05, 0.1) is 0 Å². The predicted octanol–water partition coefficient (Wildman–Crippen LogP) is 7.84. The van der Waals surface area contributed by atoms with E-state index in [1.807, 2.05) is 17.4 Å². The summed E-state index contributed by atoms with van der Waals surface area (Å²) in [5.41, 5.74) is 4.13. The van der Waals surface area contributed by atoms with Crippen LogP contribution in [-0.4, -0.2) is 0 Å². The summed E-state index contributed by atoms with van der Waals surface area (Å²) in [6.07, 6.45) is 7.79. The fourth-order valence-electron chi connectivity index (χ4n) is 3.91. The average molecular weight is 373 g/mol. The molecular weight excluding hydrogens is 356 g/mol. The number of allylic oxidation sites excluding steroid dienone is 4. The van der Waals surface area contributed by atoms with Gasteiger partial charge in [0.1, 0.15) is 0 Å². The van der Waals surface area contributed by atoms with E-state index in [0.717, 1.165) is 11.4 Å². The normalized spacial score (nSPS) is 17.0. The molecule has 126 valence electrons. The van der Waals surface area contributed by atoms with Crippen molar-refractivity contribution in [2.45, 2.75) is 12.3 Å². The van der Waals surface area contributed by atoms with Crippen molar-refractivity contribution >= 4 is 48.7 Å². The minimum atomic E-state index is 0.403. The van der Waals surface area contributed by atoms with Gasteiger partial charge in [-0.1, -0.05) is 84.4 Å². The summed E-state index contributed by atoms with van der Waals surface area (Å²) in [6, 6.07) is 23.7. The Morgan fingerprint density at radius 3 is 2.65 bits per heavy atom. The molecule has 0 bridgehead atoms. The van der Waals surface area contributed by atoms with Gasteiger partial charge in [-0.05, 0) is 35.3 Å². The van der Waals surface area contributed by atoms with E-state index in [9.17, 15) is 0 Å². The van der Waals surface area contributed by atoms with Crippen molar-refractivity contribution in [1.82, 2.24) is 0 Å². The number of halogens is 1. The zero-order chi connectivity index (χ0) is 17.5. The first-order valence-electron chi connectivity index (χ1n) is 8.84. The summed E-state index contributed by atoms with van der Waals surface area (Å²) in [5.74, 6) is 0.403. The maximum atomic E-state index is 6.22. The highest BCUT2D eigenvalue weighted by Crippen LogP contribution is 2.44. The van der Waals surface area contributed by atoms with E-state index in [2.05, 4.69) is 78.9 Å². The van der Waals surface area contributed by atoms with E-state index in [0.29, 0.717) is 5.92 Å². The van der Waals surface area contributed by atoms with E-state index in [-0.39, 0.29) is 0 Å². The zero-order valence-electron chi connectivity index (χ0n) is 14.2. The van der Waals surface area contributed by atoms with Crippen LogP contribution in [0.25, 0.3) is 25.7 Å². The average Bonchev–Trinajstić information content (AvgIpc) is 3.06. The number of benzene rings is 3.